The third-order valence-electron chi connectivity index (χ3n) is 2.80. The Morgan fingerprint density at radius 1 is 1.43 bits per heavy atom. The quantitative estimate of drug-likeness (QED) is 0.523. The second-order valence-electron chi connectivity index (χ2n) is 3.62. The molecule has 0 fully saturated rings. The maximum atomic E-state index is 11.4. The first kappa shape index (κ1) is 9.21. The fourth-order valence-electron chi connectivity index (χ4n) is 2.10. The normalized spacial score (nSPS) is 19.9. The molecule has 74 valence electrons. The van der Waals surface area contributed by atoms with Gasteiger partial charge in [0.2, 0.25) is 0 Å². The van der Waals surface area contributed by atoms with Crippen LogP contribution in [0, 0.1) is 0 Å². The van der Waals surface area contributed by atoms with Crippen molar-refractivity contribution in [2.45, 2.75) is 25.2 Å². The van der Waals surface area contributed by atoms with E-state index in [1.54, 1.807) is 5.48 Å². The first-order valence-electron chi connectivity index (χ1n) is 4.84. The van der Waals surface area contributed by atoms with Crippen LogP contribution in [0.1, 0.15) is 29.9 Å². The number of nitrogens with one attached hydrogen (secondary N) is 1. The predicted molar refractivity (Wildman–Crippen MR) is 52.1 cm³/mol. The molecule has 1 atom stereocenters. The molecule has 0 aliphatic heterocycles. The molecule has 1 aromatic carbocycles. The van der Waals surface area contributed by atoms with Crippen LogP contribution in [0.15, 0.2) is 24.3 Å². The number of rotatable bonds is 1. The number of benzene rings is 1. The first-order chi connectivity index (χ1) is 6.83. The Morgan fingerprint density at radius 3 is 3.00 bits per heavy atom. The summed E-state index contributed by atoms with van der Waals surface area (Å²) in [6.07, 6.45) is 2.86. The highest BCUT2D eigenvalue weighted by Gasteiger charge is 2.25. The van der Waals surface area contributed by atoms with Gasteiger partial charge in [-0.3, -0.25) is 10.0 Å². The minimum absolute atomic E-state index is 0.176. The van der Waals surface area contributed by atoms with Crippen molar-refractivity contribution in [2.75, 3.05) is 0 Å². The van der Waals surface area contributed by atoms with Crippen molar-refractivity contribution in [2.24, 2.45) is 0 Å². The minimum Gasteiger partial charge on any atom is -0.289 e. The van der Waals surface area contributed by atoms with Crippen LogP contribution in [0.25, 0.3) is 0 Å². The summed E-state index contributed by atoms with van der Waals surface area (Å²) in [5.74, 6) is -0.470. The highest BCUT2D eigenvalue weighted by atomic mass is 16.5. The van der Waals surface area contributed by atoms with Gasteiger partial charge in [-0.15, -0.1) is 0 Å². The molecule has 3 nitrogen and oxygen atoms in total. The maximum Gasteiger partial charge on any atom is 0.250 e. The molecule has 0 aromatic heterocycles. The van der Waals surface area contributed by atoms with E-state index in [0.29, 0.717) is 0 Å². The van der Waals surface area contributed by atoms with E-state index >= 15 is 0 Å². The van der Waals surface area contributed by atoms with E-state index in [4.69, 9.17) is 5.21 Å². The lowest BCUT2D eigenvalue weighted by molar-refractivity contribution is -0.131. The van der Waals surface area contributed by atoms with Gasteiger partial charge < -0.3 is 0 Å². The summed E-state index contributed by atoms with van der Waals surface area (Å²) in [5, 5.41) is 8.61. The van der Waals surface area contributed by atoms with Crippen LogP contribution in [0.2, 0.25) is 0 Å². The number of fused-ring (bicyclic) bond motifs is 1. The fourth-order valence-corrected chi connectivity index (χ4v) is 2.10. The highest BCUT2D eigenvalue weighted by molar-refractivity contribution is 5.83. The van der Waals surface area contributed by atoms with Crippen LogP contribution < -0.4 is 5.48 Å². The number of hydrogen-bond donors (Lipinski definition) is 2. The molecule has 2 rings (SSSR count). The Balaban J connectivity index is 2.35. The Morgan fingerprint density at radius 2 is 2.21 bits per heavy atom. The molecule has 1 unspecified atom stereocenters. The molecule has 0 saturated carbocycles. The number of aryl methyl sites for hydroxylation is 1. The first-order valence-corrected chi connectivity index (χ1v) is 4.84. The van der Waals surface area contributed by atoms with Crippen molar-refractivity contribution in [3.63, 3.8) is 0 Å². The van der Waals surface area contributed by atoms with Gasteiger partial charge in [-0.05, 0) is 30.4 Å². The third kappa shape index (κ3) is 1.51. The van der Waals surface area contributed by atoms with E-state index in [9.17, 15) is 4.79 Å². The van der Waals surface area contributed by atoms with Crippen LogP contribution >= 0.6 is 0 Å². The molecule has 1 aromatic rings. The zero-order valence-corrected chi connectivity index (χ0v) is 7.86. The van der Waals surface area contributed by atoms with Crippen LogP contribution in [-0.4, -0.2) is 11.1 Å². The van der Waals surface area contributed by atoms with Gasteiger partial charge in [0.05, 0.1) is 5.92 Å². The van der Waals surface area contributed by atoms with Crippen molar-refractivity contribution in [1.29, 1.82) is 0 Å². The van der Waals surface area contributed by atoms with Crippen LogP contribution in [-0.2, 0) is 11.2 Å². The topological polar surface area (TPSA) is 49.3 Å². The average Bonchev–Trinajstić information content (AvgIpc) is 2.27. The van der Waals surface area contributed by atoms with Crippen LogP contribution in [0.4, 0.5) is 0 Å². The molecule has 1 amide bonds. The second-order valence-corrected chi connectivity index (χ2v) is 3.62. The lowest BCUT2D eigenvalue weighted by Crippen LogP contribution is -2.28. The highest BCUT2D eigenvalue weighted by Crippen LogP contribution is 2.31. The van der Waals surface area contributed by atoms with Crippen molar-refractivity contribution in [1.82, 2.24) is 5.48 Å². The smallest absolute Gasteiger partial charge is 0.250 e. The summed E-state index contributed by atoms with van der Waals surface area (Å²) >= 11 is 0. The van der Waals surface area contributed by atoms with Crippen LogP contribution in [0.3, 0.4) is 0 Å². The van der Waals surface area contributed by atoms with Gasteiger partial charge in [0, 0.05) is 0 Å². The van der Waals surface area contributed by atoms with Crippen LogP contribution in [0.5, 0.6) is 0 Å². The molecular formula is C11H13NO2. The molecule has 0 saturated heterocycles. The summed E-state index contributed by atoms with van der Waals surface area (Å²) in [6.45, 7) is 0. The molecule has 0 bridgehead atoms. The summed E-state index contributed by atoms with van der Waals surface area (Å²) < 4.78 is 0. The van der Waals surface area contributed by atoms with E-state index in [1.807, 2.05) is 24.3 Å². The summed E-state index contributed by atoms with van der Waals surface area (Å²) in [5.41, 5.74) is 4.03. The van der Waals surface area contributed by atoms with E-state index in [-0.39, 0.29) is 11.8 Å². The number of carbonyl (C=O) groups excluding carboxylic acids is 1. The van der Waals surface area contributed by atoms with E-state index < -0.39 is 0 Å². The lowest BCUT2D eigenvalue weighted by atomic mass is 9.82. The third-order valence-corrected chi connectivity index (χ3v) is 2.80. The Bertz CT molecular complexity index is 349. The van der Waals surface area contributed by atoms with E-state index in [2.05, 4.69) is 0 Å². The molecule has 0 heterocycles. The lowest BCUT2D eigenvalue weighted by Gasteiger charge is -2.23. The fraction of sp³-hybridized carbons (Fsp3) is 0.364. The zero-order chi connectivity index (χ0) is 9.97. The molecule has 3 heteroatoms. The summed E-state index contributed by atoms with van der Waals surface area (Å²) in [4.78, 5) is 11.4. The SMILES string of the molecule is O=C(NO)C1CCCc2ccccc21. The van der Waals surface area contributed by atoms with Crippen molar-refractivity contribution < 1.29 is 10.0 Å². The van der Waals surface area contributed by atoms with Gasteiger partial charge >= 0.3 is 0 Å². The molecule has 0 spiro atoms. The van der Waals surface area contributed by atoms with Gasteiger partial charge in [-0.1, -0.05) is 24.3 Å². The molecule has 1 aliphatic rings. The largest absolute Gasteiger partial charge is 0.289 e. The number of hydrogen-bond acceptors (Lipinski definition) is 2. The number of amides is 1. The van der Waals surface area contributed by atoms with Gasteiger partial charge in [-0.25, -0.2) is 5.48 Å². The molecule has 14 heavy (non-hydrogen) atoms. The van der Waals surface area contributed by atoms with E-state index in [0.717, 1.165) is 24.8 Å². The second kappa shape index (κ2) is 3.80. The molecule has 2 N–H and O–H groups in total. The molecular weight excluding hydrogens is 178 g/mol. The Labute approximate surface area is 82.7 Å². The van der Waals surface area contributed by atoms with Crippen molar-refractivity contribution in [3.8, 4) is 0 Å². The van der Waals surface area contributed by atoms with E-state index in [1.165, 1.54) is 5.56 Å². The zero-order valence-electron chi connectivity index (χ0n) is 7.86. The molecule has 1 aliphatic carbocycles. The number of hydroxylamine groups is 1. The summed E-state index contributed by atoms with van der Waals surface area (Å²) in [7, 11) is 0. The van der Waals surface area contributed by atoms with Gasteiger partial charge in [0.1, 0.15) is 0 Å². The van der Waals surface area contributed by atoms with Gasteiger partial charge in [0.15, 0.2) is 0 Å². The Kier molecular flexibility index (Phi) is 2.50. The minimum atomic E-state index is -0.294. The molecule has 0 radical (unpaired) electrons. The standard InChI is InChI=1S/C11H13NO2/c13-11(12-14)10-7-3-5-8-4-1-2-6-9(8)10/h1-2,4,6,10,14H,3,5,7H2,(H,12,13). The maximum absolute atomic E-state index is 11.4. The van der Waals surface area contributed by atoms with Gasteiger partial charge in [0.25, 0.3) is 5.91 Å². The average molecular weight is 191 g/mol. The summed E-state index contributed by atoms with van der Waals surface area (Å²) in [6, 6.07) is 7.93. The number of carbonyl (C=O) groups is 1. The predicted octanol–water partition coefficient (Wildman–Crippen LogP) is 1.61. The van der Waals surface area contributed by atoms with Crippen molar-refractivity contribution >= 4 is 5.91 Å². The van der Waals surface area contributed by atoms with Gasteiger partial charge in [-0.2, -0.15) is 0 Å². The van der Waals surface area contributed by atoms with Crippen molar-refractivity contribution in [3.05, 3.63) is 35.4 Å². The Hall–Kier alpha value is -1.35. The monoisotopic (exact) mass is 191 g/mol.